The van der Waals surface area contributed by atoms with E-state index < -0.39 is 5.97 Å². The minimum atomic E-state index is -0.694. The van der Waals surface area contributed by atoms with Crippen molar-refractivity contribution >= 4 is 17.7 Å². The van der Waals surface area contributed by atoms with E-state index in [9.17, 15) is 4.79 Å². The smallest absolute Gasteiger partial charge is 0.313 e. The van der Waals surface area contributed by atoms with Crippen LogP contribution in [0.4, 0.5) is 0 Å². The van der Waals surface area contributed by atoms with E-state index in [1.54, 1.807) is 0 Å². The molecule has 0 aromatic carbocycles. The van der Waals surface area contributed by atoms with Crippen molar-refractivity contribution in [3.05, 3.63) is 0 Å². The van der Waals surface area contributed by atoms with Gasteiger partial charge in [-0.25, -0.2) is 0 Å². The molecule has 1 saturated carbocycles. The van der Waals surface area contributed by atoms with Gasteiger partial charge in [-0.15, -0.1) is 11.8 Å². The highest BCUT2D eigenvalue weighted by molar-refractivity contribution is 7.99. The highest BCUT2D eigenvalue weighted by atomic mass is 32.2. The number of carbonyl (C=O) groups is 1. The first-order chi connectivity index (χ1) is 4.29. The van der Waals surface area contributed by atoms with Crippen LogP contribution in [0.15, 0.2) is 0 Å². The number of thioether (sulfide) groups is 1. The summed E-state index contributed by atoms with van der Waals surface area (Å²) in [6, 6.07) is 0. The minimum absolute atomic E-state index is 0.274. The molecule has 0 saturated heterocycles. The summed E-state index contributed by atoms with van der Waals surface area (Å²) >= 11 is 1.53. The lowest BCUT2D eigenvalue weighted by Crippen LogP contribution is -1.98. The fraction of sp³-hybridized carbons (Fsp3) is 0.833. The van der Waals surface area contributed by atoms with Crippen molar-refractivity contribution < 1.29 is 9.90 Å². The monoisotopic (exact) mass is 146 g/mol. The van der Waals surface area contributed by atoms with Crippen molar-refractivity contribution in [2.24, 2.45) is 5.92 Å². The van der Waals surface area contributed by atoms with E-state index in [2.05, 4.69) is 0 Å². The molecule has 52 valence electrons. The summed E-state index contributed by atoms with van der Waals surface area (Å²) in [5.74, 6) is 1.47. The molecule has 3 heteroatoms. The number of carboxylic acid groups (broad SMARTS) is 1. The van der Waals surface area contributed by atoms with Gasteiger partial charge in [0.05, 0.1) is 5.75 Å². The molecule has 0 heterocycles. The largest absolute Gasteiger partial charge is 0.481 e. The highest BCUT2D eigenvalue weighted by Crippen LogP contribution is 2.32. The molecule has 1 aliphatic rings. The van der Waals surface area contributed by atoms with Gasteiger partial charge in [-0.2, -0.15) is 0 Å². The van der Waals surface area contributed by atoms with Crippen LogP contribution in [0.1, 0.15) is 12.8 Å². The molecule has 9 heavy (non-hydrogen) atoms. The van der Waals surface area contributed by atoms with Gasteiger partial charge in [-0.1, -0.05) is 0 Å². The second kappa shape index (κ2) is 3.11. The van der Waals surface area contributed by atoms with Crippen molar-refractivity contribution in [3.63, 3.8) is 0 Å². The standard InChI is InChI=1S/C6H10O2S/c7-6(8)4-9-3-5-1-2-5/h5H,1-4H2,(H,7,8). The van der Waals surface area contributed by atoms with Crippen LogP contribution in [0.5, 0.6) is 0 Å². The second-order valence-corrected chi connectivity index (χ2v) is 3.38. The van der Waals surface area contributed by atoms with Crippen molar-refractivity contribution in [1.82, 2.24) is 0 Å². The fourth-order valence-electron chi connectivity index (χ4n) is 0.597. The normalized spacial score (nSPS) is 17.8. The number of rotatable bonds is 4. The zero-order chi connectivity index (χ0) is 6.69. The lowest BCUT2D eigenvalue weighted by Gasteiger charge is -1.92. The maximum absolute atomic E-state index is 9.98. The summed E-state index contributed by atoms with van der Waals surface area (Å²) in [6.45, 7) is 0. The Balaban J connectivity index is 1.86. The van der Waals surface area contributed by atoms with Crippen LogP contribution in [-0.2, 0) is 4.79 Å². The molecule has 0 atom stereocenters. The van der Waals surface area contributed by atoms with Gasteiger partial charge in [-0.05, 0) is 24.5 Å². The Kier molecular flexibility index (Phi) is 2.39. The van der Waals surface area contributed by atoms with E-state index in [0.717, 1.165) is 11.7 Å². The molecular weight excluding hydrogens is 136 g/mol. The Labute approximate surface area is 58.6 Å². The summed E-state index contributed by atoms with van der Waals surface area (Å²) < 4.78 is 0. The van der Waals surface area contributed by atoms with E-state index in [-0.39, 0.29) is 5.75 Å². The van der Waals surface area contributed by atoms with Gasteiger partial charge in [-0.3, -0.25) is 4.79 Å². The third-order valence-electron chi connectivity index (χ3n) is 1.28. The number of aliphatic carboxylic acids is 1. The topological polar surface area (TPSA) is 37.3 Å². The summed E-state index contributed by atoms with van der Waals surface area (Å²) in [7, 11) is 0. The Morgan fingerprint density at radius 3 is 2.78 bits per heavy atom. The zero-order valence-corrected chi connectivity index (χ0v) is 5.99. The summed E-state index contributed by atoms with van der Waals surface area (Å²) in [5.41, 5.74) is 0. The van der Waals surface area contributed by atoms with E-state index in [0.29, 0.717) is 0 Å². The van der Waals surface area contributed by atoms with E-state index in [4.69, 9.17) is 5.11 Å². The van der Waals surface area contributed by atoms with Gasteiger partial charge in [0.15, 0.2) is 0 Å². The van der Waals surface area contributed by atoms with Crippen molar-refractivity contribution in [3.8, 4) is 0 Å². The van der Waals surface area contributed by atoms with Gasteiger partial charge < -0.3 is 5.11 Å². The molecular formula is C6H10O2S. The third kappa shape index (κ3) is 3.40. The first-order valence-electron chi connectivity index (χ1n) is 3.08. The number of hydrogen-bond donors (Lipinski definition) is 1. The molecule has 0 aliphatic heterocycles. The van der Waals surface area contributed by atoms with Gasteiger partial charge in [0.25, 0.3) is 0 Å². The van der Waals surface area contributed by atoms with E-state index in [1.165, 1.54) is 24.6 Å². The molecule has 1 aliphatic carbocycles. The first kappa shape index (κ1) is 6.93. The van der Waals surface area contributed by atoms with Crippen LogP contribution in [-0.4, -0.2) is 22.6 Å². The number of hydrogen-bond acceptors (Lipinski definition) is 2. The SMILES string of the molecule is O=C(O)CSCC1CC1. The molecule has 1 rings (SSSR count). The first-order valence-corrected chi connectivity index (χ1v) is 4.24. The lowest BCUT2D eigenvalue weighted by atomic mass is 10.5. The summed E-state index contributed by atoms with van der Waals surface area (Å²) in [4.78, 5) is 9.98. The summed E-state index contributed by atoms with van der Waals surface area (Å²) in [5, 5.41) is 8.23. The van der Waals surface area contributed by atoms with Crippen LogP contribution in [0.3, 0.4) is 0 Å². The van der Waals surface area contributed by atoms with Crippen molar-refractivity contribution in [2.45, 2.75) is 12.8 Å². The number of carboxylic acids is 1. The van der Waals surface area contributed by atoms with Crippen LogP contribution in [0, 0.1) is 5.92 Å². The Morgan fingerprint density at radius 1 is 1.67 bits per heavy atom. The van der Waals surface area contributed by atoms with Crippen LogP contribution in [0.25, 0.3) is 0 Å². The second-order valence-electron chi connectivity index (χ2n) is 2.35. The van der Waals surface area contributed by atoms with Gasteiger partial charge in [0, 0.05) is 0 Å². The molecule has 1 N–H and O–H groups in total. The zero-order valence-electron chi connectivity index (χ0n) is 5.17. The van der Waals surface area contributed by atoms with Crippen molar-refractivity contribution in [1.29, 1.82) is 0 Å². The summed E-state index contributed by atoms with van der Waals surface area (Å²) in [6.07, 6.45) is 2.62. The Morgan fingerprint density at radius 2 is 2.33 bits per heavy atom. The van der Waals surface area contributed by atoms with Gasteiger partial charge in [0.2, 0.25) is 0 Å². The highest BCUT2D eigenvalue weighted by Gasteiger charge is 2.20. The fourth-order valence-corrected chi connectivity index (χ4v) is 1.56. The van der Waals surface area contributed by atoms with Crippen molar-refractivity contribution in [2.75, 3.05) is 11.5 Å². The van der Waals surface area contributed by atoms with E-state index in [1.807, 2.05) is 0 Å². The molecule has 0 amide bonds. The van der Waals surface area contributed by atoms with Gasteiger partial charge >= 0.3 is 5.97 Å². The molecule has 2 nitrogen and oxygen atoms in total. The predicted octanol–water partition coefficient (Wildman–Crippen LogP) is 1.21. The van der Waals surface area contributed by atoms with Crippen LogP contribution >= 0.6 is 11.8 Å². The van der Waals surface area contributed by atoms with Gasteiger partial charge in [0.1, 0.15) is 0 Å². The van der Waals surface area contributed by atoms with Crippen LogP contribution < -0.4 is 0 Å². The maximum Gasteiger partial charge on any atom is 0.313 e. The Hall–Kier alpha value is -0.180. The quantitative estimate of drug-likeness (QED) is 0.647. The maximum atomic E-state index is 9.98. The molecule has 0 radical (unpaired) electrons. The molecule has 0 aromatic rings. The molecule has 0 unspecified atom stereocenters. The average molecular weight is 146 g/mol. The average Bonchev–Trinajstić information content (AvgIpc) is 2.48. The molecule has 0 spiro atoms. The van der Waals surface area contributed by atoms with Crippen LogP contribution in [0.2, 0.25) is 0 Å². The lowest BCUT2D eigenvalue weighted by molar-refractivity contribution is -0.133. The predicted molar refractivity (Wildman–Crippen MR) is 37.7 cm³/mol. The molecule has 0 bridgehead atoms. The minimum Gasteiger partial charge on any atom is -0.481 e. The van der Waals surface area contributed by atoms with E-state index >= 15 is 0 Å². The third-order valence-corrected chi connectivity index (χ3v) is 2.43. The molecule has 1 fully saturated rings. The Bertz CT molecular complexity index is 110. The molecule has 0 aromatic heterocycles.